The molecule has 0 aliphatic rings. The molecule has 0 saturated heterocycles. The van der Waals surface area contributed by atoms with Crippen molar-refractivity contribution in [3.05, 3.63) is 12.2 Å². The number of carbonyl (C=O) groups excluding carboxylic acids is 2. The number of hydrogen-bond acceptors (Lipinski definition) is 5. The maximum Gasteiger partial charge on any atom is 0.306 e. The summed E-state index contributed by atoms with van der Waals surface area (Å²) in [5, 5.41) is 0. The third-order valence-electron chi connectivity index (χ3n) is 10.3. The van der Waals surface area contributed by atoms with Gasteiger partial charge in [-0.05, 0) is 44.9 Å². The van der Waals surface area contributed by atoms with E-state index in [-0.39, 0.29) is 18.5 Å². The summed E-state index contributed by atoms with van der Waals surface area (Å²) in [5.74, 6) is -0.392. The van der Waals surface area contributed by atoms with Crippen molar-refractivity contribution in [1.82, 2.24) is 0 Å². The van der Waals surface area contributed by atoms with Crippen LogP contribution >= 0.6 is 0 Å². The highest BCUT2D eigenvalue weighted by atomic mass is 16.6. The van der Waals surface area contributed by atoms with E-state index in [4.69, 9.17) is 14.2 Å². The average molecular weight is 735 g/mol. The highest BCUT2D eigenvalue weighted by molar-refractivity contribution is 5.70. The molecule has 0 bridgehead atoms. The Balaban J connectivity index is 4.21. The number of carbonyl (C=O) groups is 2. The molecule has 0 aromatic carbocycles. The minimum absolute atomic E-state index is 0.0893. The zero-order valence-electron chi connectivity index (χ0n) is 35.4. The summed E-state index contributed by atoms with van der Waals surface area (Å²) in [6.07, 6.45) is 47.7. The van der Waals surface area contributed by atoms with Crippen LogP contribution in [-0.2, 0) is 23.8 Å². The maximum atomic E-state index is 12.7. The minimum atomic E-state index is -0.527. The fourth-order valence-electron chi connectivity index (χ4n) is 6.80. The van der Waals surface area contributed by atoms with E-state index in [2.05, 4.69) is 32.9 Å². The topological polar surface area (TPSA) is 61.8 Å². The van der Waals surface area contributed by atoms with Gasteiger partial charge in [-0.3, -0.25) is 9.59 Å². The molecule has 1 unspecified atom stereocenters. The van der Waals surface area contributed by atoms with Crippen molar-refractivity contribution in [2.45, 2.75) is 258 Å². The molecular formula is C47H90O5. The molecule has 0 aromatic heterocycles. The molecule has 0 aliphatic carbocycles. The summed E-state index contributed by atoms with van der Waals surface area (Å²) in [6, 6.07) is 0. The molecule has 0 fully saturated rings. The summed E-state index contributed by atoms with van der Waals surface area (Å²) >= 11 is 0. The molecule has 0 radical (unpaired) electrons. The Morgan fingerprint density at radius 1 is 0.404 bits per heavy atom. The third-order valence-corrected chi connectivity index (χ3v) is 10.3. The second kappa shape index (κ2) is 44.0. The smallest absolute Gasteiger partial charge is 0.306 e. The number of rotatable bonds is 43. The molecule has 5 heteroatoms. The molecular weight excluding hydrogens is 645 g/mol. The van der Waals surface area contributed by atoms with Crippen LogP contribution in [0.2, 0.25) is 0 Å². The van der Waals surface area contributed by atoms with Crippen LogP contribution in [-0.4, -0.2) is 37.9 Å². The van der Waals surface area contributed by atoms with E-state index in [9.17, 15) is 9.59 Å². The first-order valence-electron chi connectivity index (χ1n) is 23.2. The van der Waals surface area contributed by atoms with E-state index in [0.717, 1.165) is 44.9 Å². The molecule has 0 heterocycles. The van der Waals surface area contributed by atoms with Crippen molar-refractivity contribution in [3.8, 4) is 0 Å². The Bertz CT molecular complexity index is 750. The largest absolute Gasteiger partial charge is 0.462 e. The maximum absolute atomic E-state index is 12.7. The summed E-state index contributed by atoms with van der Waals surface area (Å²) < 4.78 is 17.3. The predicted molar refractivity (Wildman–Crippen MR) is 224 cm³/mol. The van der Waals surface area contributed by atoms with E-state index in [1.165, 1.54) is 173 Å². The minimum Gasteiger partial charge on any atom is -0.462 e. The van der Waals surface area contributed by atoms with E-state index in [1.54, 1.807) is 0 Å². The van der Waals surface area contributed by atoms with Crippen LogP contribution < -0.4 is 0 Å². The van der Waals surface area contributed by atoms with E-state index >= 15 is 0 Å². The summed E-state index contributed by atoms with van der Waals surface area (Å²) in [7, 11) is 0. The van der Waals surface area contributed by atoms with Gasteiger partial charge in [-0.15, -0.1) is 0 Å². The average Bonchev–Trinajstić information content (AvgIpc) is 3.14. The lowest BCUT2D eigenvalue weighted by molar-refractivity contribution is -0.163. The van der Waals surface area contributed by atoms with Crippen LogP contribution in [0, 0.1) is 0 Å². The molecule has 0 aromatic rings. The molecule has 1 atom stereocenters. The van der Waals surface area contributed by atoms with Crippen molar-refractivity contribution in [2.75, 3.05) is 19.8 Å². The Kier molecular flexibility index (Phi) is 42.9. The van der Waals surface area contributed by atoms with E-state index < -0.39 is 6.10 Å². The molecule has 0 saturated carbocycles. The number of hydrogen-bond donors (Lipinski definition) is 0. The summed E-state index contributed by atoms with van der Waals surface area (Å²) in [6.45, 7) is 7.84. The molecule has 0 spiro atoms. The van der Waals surface area contributed by atoms with E-state index in [0.29, 0.717) is 26.1 Å². The molecule has 0 amide bonds. The van der Waals surface area contributed by atoms with Crippen molar-refractivity contribution in [2.24, 2.45) is 0 Å². The summed E-state index contributed by atoms with van der Waals surface area (Å²) in [4.78, 5) is 25.2. The van der Waals surface area contributed by atoms with Gasteiger partial charge in [0, 0.05) is 19.4 Å². The van der Waals surface area contributed by atoms with Gasteiger partial charge in [-0.1, -0.05) is 206 Å². The van der Waals surface area contributed by atoms with Gasteiger partial charge < -0.3 is 14.2 Å². The fourth-order valence-corrected chi connectivity index (χ4v) is 6.80. The highest BCUT2D eigenvalue weighted by Gasteiger charge is 2.17. The fraction of sp³-hybridized carbons (Fsp3) is 0.915. The zero-order chi connectivity index (χ0) is 37.8. The van der Waals surface area contributed by atoms with Crippen LogP contribution in [0.4, 0.5) is 0 Å². The molecule has 0 aliphatic heterocycles. The van der Waals surface area contributed by atoms with E-state index in [1.807, 2.05) is 0 Å². The Morgan fingerprint density at radius 3 is 1.19 bits per heavy atom. The Labute approximate surface area is 325 Å². The number of ether oxygens (including phenoxy) is 3. The first kappa shape index (κ1) is 50.6. The van der Waals surface area contributed by atoms with Crippen LogP contribution in [0.1, 0.15) is 252 Å². The van der Waals surface area contributed by atoms with Crippen LogP contribution in [0.5, 0.6) is 0 Å². The van der Waals surface area contributed by atoms with Crippen molar-refractivity contribution in [3.63, 3.8) is 0 Å². The second-order valence-corrected chi connectivity index (χ2v) is 15.7. The highest BCUT2D eigenvalue weighted by Crippen LogP contribution is 2.15. The van der Waals surface area contributed by atoms with Gasteiger partial charge in [-0.25, -0.2) is 0 Å². The lowest BCUT2D eigenvalue weighted by Crippen LogP contribution is -2.30. The predicted octanol–water partition coefficient (Wildman–Crippen LogP) is 15.1. The van der Waals surface area contributed by atoms with Crippen LogP contribution in [0.3, 0.4) is 0 Å². The number of esters is 2. The van der Waals surface area contributed by atoms with Crippen molar-refractivity contribution >= 4 is 11.9 Å². The second-order valence-electron chi connectivity index (χ2n) is 15.7. The quantitative estimate of drug-likeness (QED) is 0.0355. The molecule has 0 N–H and O–H groups in total. The monoisotopic (exact) mass is 735 g/mol. The van der Waals surface area contributed by atoms with Crippen LogP contribution in [0.25, 0.3) is 0 Å². The lowest BCUT2D eigenvalue weighted by Gasteiger charge is -2.18. The Morgan fingerprint density at radius 2 is 0.750 bits per heavy atom. The van der Waals surface area contributed by atoms with Gasteiger partial charge >= 0.3 is 11.9 Å². The molecule has 0 rings (SSSR count). The van der Waals surface area contributed by atoms with Gasteiger partial charge in [0.2, 0.25) is 0 Å². The SMILES string of the molecule is CCCCCC/C=C\CCCCCCCC(=O)OCC(COCCCCCCCCCCCC)OC(=O)CCCCCCCCCCCCCCC. The first-order valence-corrected chi connectivity index (χ1v) is 23.2. The standard InChI is InChI=1S/C47H90O5/c1-4-7-10-13-16-19-22-24-26-28-31-34-37-40-46(48)51-44-45(43-50-42-39-36-33-30-21-18-15-12-9-6-3)52-47(49)41-38-35-32-29-27-25-23-20-17-14-11-8-5-2/h19,22,45H,4-18,20-21,23-44H2,1-3H3/b22-19-. The van der Waals surface area contributed by atoms with Crippen LogP contribution in [0.15, 0.2) is 12.2 Å². The summed E-state index contributed by atoms with van der Waals surface area (Å²) in [5.41, 5.74) is 0. The number of allylic oxidation sites excluding steroid dienone is 2. The zero-order valence-corrected chi connectivity index (χ0v) is 35.4. The molecule has 308 valence electrons. The molecule has 52 heavy (non-hydrogen) atoms. The molecule has 5 nitrogen and oxygen atoms in total. The van der Waals surface area contributed by atoms with Gasteiger partial charge in [0.15, 0.2) is 6.10 Å². The van der Waals surface area contributed by atoms with Crippen molar-refractivity contribution < 1.29 is 23.8 Å². The Hall–Kier alpha value is -1.36. The van der Waals surface area contributed by atoms with Gasteiger partial charge in [0.25, 0.3) is 0 Å². The normalized spacial score (nSPS) is 12.1. The van der Waals surface area contributed by atoms with Gasteiger partial charge in [-0.2, -0.15) is 0 Å². The third kappa shape index (κ3) is 41.4. The number of unbranched alkanes of at least 4 members (excludes halogenated alkanes) is 30. The van der Waals surface area contributed by atoms with Crippen molar-refractivity contribution in [1.29, 1.82) is 0 Å². The first-order chi connectivity index (χ1) is 25.6. The lowest BCUT2D eigenvalue weighted by atomic mass is 10.0. The van der Waals surface area contributed by atoms with Gasteiger partial charge in [0.05, 0.1) is 6.61 Å². The van der Waals surface area contributed by atoms with Gasteiger partial charge in [0.1, 0.15) is 6.61 Å².